The van der Waals surface area contributed by atoms with Crippen molar-refractivity contribution >= 4 is 27.4 Å². The van der Waals surface area contributed by atoms with E-state index in [-0.39, 0.29) is 29.7 Å². The Balaban J connectivity index is 1.43. The lowest BCUT2D eigenvalue weighted by Gasteiger charge is -2.23. The number of nitrogens with one attached hydrogen (secondary N) is 1. The lowest BCUT2D eigenvalue weighted by molar-refractivity contribution is -0.112. The third-order valence-corrected chi connectivity index (χ3v) is 7.65. The van der Waals surface area contributed by atoms with Crippen LogP contribution in [-0.4, -0.2) is 117 Å². The number of nitrogens with zero attached hydrogens (tertiary/aromatic N) is 1. The van der Waals surface area contributed by atoms with Crippen LogP contribution in [0.1, 0.15) is 16.8 Å². The summed E-state index contributed by atoms with van der Waals surface area (Å²) in [5, 5.41) is 2.42. The maximum atomic E-state index is 13.4. The number of amides is 1. The van der Waals surface area contributed by atoms with Crippen LogP contribution in [-0.2, 0) is 43.2 Å². The zero-order valence-electron chi connectivity index (χ0n) is 20.6. The predicted molar refractivity (Wildman–Crippen MR) is 128 cm³/mol. The van der Waals surface area contributed by atoms with Crippen LogP contribution < -0.4 is 5.32 Å². The van der Waals surface area contributed by atoms with Crippen molar-refractivity contribution in [1.29, 1.82) is 0 Å². The van der Waals surface area contributed by atoms with Crippen molar-refractivity contribution in [3.63, 3.8) is 0 Å². The molecule has 1 fully saturated rings. The quantitative estimate of drug-likeness (QED) is 0.221. The number of Topliss-reactive ketones (excluding diaryl/α,β-unsaturated/α-hetero) is 1. The van der Waals surface area contributed by atoms with Gasteiger partial charge in [0.25, 0.3) is 11.7 Å². The second-order valence-corrected chi connectivity index (χ2v) is 10.1. The van der Waals surface area contributed by atoms with Crippen LogP contribution >= 0.6 is 0 Å². The van der Waals surface area contributed by atoms with Gasteiger partial charge in [-0.1, -0.05) is 0 Å². The third-order valence-electron chi connectivity index (χ3n) is 5.74. The number of sulfonamides is 1. The van der Waals surface area contributed by atoms with Crippen LogP contribution in [0.3, 0.4) is 0 Å². The molecule has 0 radical (unpaired) electrons. The van der Waals surface area contributed by atoms with Gasteiger partial charge in [-0.15, -0.1) is 0 Å². The van der Waals surface area contributed by atoms with Crippen molar-refractivity contribution < 1.29 is 46.4 Å². The normalized spacial score (nSPS) is 20.2. The van der Waals surface area contributed by atoms with E-state index in [9.17, 15) is 18.0 Å². The molecule has 1 N–H and O–H groups in total. The number of benzene rings is 1. The average Bonchev–Trinajstić information content (AvgIpc) is 3.40. The molecule has 3 rings (SSSR count). The molecule has 1 saturated heterocycles. The Labute approximate surface area is 211 Å². The summed E-state index contributed by atoms with van der Waals surface area (Å²) < 4.78 is 60.3. The van der Waals surface area contributed by atoms with Gasteiger partial charge >= 0.3 is 0 Å². The lowest BCUT2D eigenvalue weighted by Crippen LogP contribution is -2.38. The van der Waals surface area contributed by atoms with Crippen LogP contribution in [0, 0.1) is 0 Å². The molecule has 13 heteroatoms. The van der Waals surface area contributed by atoms with E-state index in [0.29, 0.717) is 65.0 Å². The molecule has 1 aromatic carbocycles. The summed E-state index contributed by atoms with van der Waals surface area (Å²) >= 11 is 0. The fraction of sp³-hybridized carbons (Fsp3) is 0.652. The number of ketones is 1. The molecule has 1 amide bonds. The number of hydrogen-bond acceptors (Lipinski definition) is 10. The van der Waals surface area contributed by atoms with Gasteiger partial charge in [-0.3, -0.25) is 9.59 Å². The van der Waals surface area contributed by atoms with E-state index >= 15 is 0 Å². The van der Waals surface area contributed by atoms with Crippen molar-refractivity contribution in [2.45, 2.75) is 23.5 Å². The van der Waals surface area contributed by atoms with Crippen molar-refractivity contribution in [2.24, 2.45) is 0 Å². The maximum absolute atomic E-state index is 13.4. The Morgan fingerprint density at radius 2 is 1.56 bits per heavy atom. The highest BCUT2D eigenvalue weighted by molar-refractivity contribution is 7.89. The average molecular weight is 531 g/mol. The molecular formula is C23H34N2O10S. The summed E-state index contributed by atoms with van der Waals surface area (Å²) in [6.45, 7) is 3.89. The van der Waals surface area contributed by atoms with Gasteiger partial charge < -0.3 is 33.7 Å². The lowest BCUT2D eigenvalue weighted by atomic mass is 10.1. The smallest absolute Gasteiger partial charge is 0.296 e. The highest BCUT2D eigenvalue weighted by Crippen LogP contribution is 2.31. The van der Waals surface area contributed by atoms with E-state index < -0.39 is 27.8 Å². The summed E-state index contributed by atoms with van der Waals surface area (Å²) in [4.78, 5) is 23.6. The standard InChI is InChI=1S/C23H34N2O10S/c1-30-5-6-32-7-8-33-9-10-34-11-12-35-18-13-17(16-31-2)25(15-18)36(28,29)19-3-4-21-20(14-19)22(26)23(27)24-21/h3-4,14,17-18H,5-13,15-16H2,1-2H3,(H,24,26,27)/t17-,18+/m0/s1. The topological polar surface area (TPSA) is 139 Å². The van der Waals surface area contributed by atoms with Crippen LogP contribution in [0.25, 0.3) is 0 Å². The molecule has 36 heavy (non-hydrogen) atoms. The van der Waals surface area contributed by atoms with Crippen molar-refractivity contribution in [1.82, 2.24) is 4.31 Å². The molecule has 1 aromatic rings. The van der Waals surface area contributed by atoms with Crippen molar-refractivity contribution in [3.8, 4) is 0 Å². The van der Waals surface area contributed by atoms with Crippen LogP contribution in [0.4, 0.5) is 5.69 Å². The molecule has 0 saturated carbocycles. The first-order chi connectivity index (χ1) is 17.4. The van der Waals surface area contributed by atoms with Crippen LogP contribution in [0.5, 0.6) is 0 Å². The second-order valence-electron chi connectivity index (χ2n) is 8.23. The van der Waals surface area contributed by atoms with Crippen molar-refractivity contribution in [3.05, 3.63) is 23.8 Å². The first-order valence-corrected chi connectivity index (χ1v) is 13.2. The van der Waals surface area contributed by atoms with Gasteiger partial charge in [0.05, 0.1) is 87.8 Å². The Morgan fingerprint density at radius 1 is 0.917 bits per heavy atom. The number of ether oxygens (including phenoxy) is 6. The molecule has 2 atom stereocenters. The van der Waals surface area contributed by atoms with Gasteiger partial charge in [-0.25, -0.2) is 8.42 Å². The minimum atomic E-state index is -3.94. The molecule has 0 aliphatic carbocycles. The Kier molecular flexibility index (Phi) is 11.2. The number of fused-ring (bicyclic) bond motifs is 1. The largest absolute Gasteiger partial charge is 0.383 e. The van der Waals surface area contributed by atoms with Gasteiger partial charge in [0.2, 0.25) is 10.0 Å². The van der Waals surface area contributed by atoms with Crippen LogP contribution in [0.15, 0.2) is 23.1 Å². The van der Waals surface area contributed by atoms with Gasteiger partial charge in [-0.2, -0.15) is 4.31 Å². The van der Waals surface area contributed by atoms with Gasteiger partial charge in [0, 0.05) is 20.8 Å². The summed E-state index contributed by atoms with van der Waals surface area (Å²) in [5.74, 6) is -1.52. The van der Waals surface area contributed by atoms with E-state index in [1.165, 1.54) is 29.6 Å². The zero-order chi connectivity index (χ0) is 26.0. The molecule has 0 bridgehead atoms. The fourth-order valence-corrected chi connectivity index (χ4v) is 5.66. The molecule has 0 aromatic heterocycles. The summed E-state index contributed by atoms with van der Waals surface area (Å²) in [5.41, 5.74) is 0.358. The molecule has 2 heterocycles. The number of rotatable bonds is 17. The van der Waals surface area contributed by atoms with Crippen LogP contribution in [0.2, 0.25) is 0 Å². The highest BCUT2D eigenvalue weighted by Gasteiger charge is 2.41. The summed E-state index contributed by atoms with van der Waals surface area (Å²) in [6, 6.07) is 3.63. The number of hydrogen-bond donors (Lipinski definition) is 1. The summed E-state index contributed by atoms with van der Waals surface area (Å²) in [6.07, 6.45) is 0.131. The molecule has 0 spiro atoms. The second kappa shape index (κ2) is 14.1. The number of carbonyl (C=O) groups is 2. The summed E-state index contributed by atoms with van der Waals surface area (Å²) in [7, 11) is -0.821. The Morgan fingerprint density at radius 3 is 2.19 bits per heavy atom. The van der Waals surface area contributed by atoms with E-state index in [1.54, 1.807) is 7.11 Å². The number of carbonyl (C=O) groups excluding carboxylic acids is 2. The third kappa shape index (κ3) is 7.52. The van der Waals surface area contributed by atoms with Gasteiger partial charge in [-0.05, 0) is 24.6 Å². The predicted octanol–water partition coefficient (Wildman–Crippen LogP) is 0.312. The van der Waals surface area contributed by atoms with Crippen molar-refractivity contribution in [2.75, 3.05) is 85.5 Å². The molecule has 12 nitrogen and oxygen atoms in total. The van der Waals surface area contributed by atoms with Gasteiger partial charge in [0.1, 0.15) is 0 Å². The Hall–Kier alpha value is -1.97. The van der Waals surface area contributed by atoms with E-state index in [0.717, 1.165) is 0 Å². The number of anilines is 1. The Bertz CT molecular complexity index is 987. The monoisotopic (exact) mass is 530 g/mol. The number of methoxy groups -OCH3 is 2. The first-order valence-electron chi connectivity index (χ1n) is 11.7. The molecule has 0 unspecified atom stereocenters. The van der Waals surface area contributed by atoms with E-state index in [4.69, 9.17) is 28.4 Å². The first kappa shape index (κ1) is 28.6. The molecular weight excluding hydrogens is 496 g/mol. The zero-order valence-corrected chi connectivity index (χ0v) is 21.4. The molecule has 2 aliphatic heterocycles. The van der Waals surface area contributed by atoms with E-state index in [1.807, 2.05) is 0 Å². The minimum absolute atomic E-state index is 0.0520. The highest BCUT2D eigenvalue weighted by atomic mass is 32.2. The fourth-order valence-electron chi connectivity index (χ4n) is 3.98. The van der Waals surface area contributed by atoms with E-state index in [2.05, 4.69) is 5.32 Å². The molecule has 2 aliphatic rings. The van der Waals surface area contributed by atoms with Gasteiger partial charge in [0.15, 0.2) is 0 Å². The minimum Gasteiger partial charge on any atom is -0.383 e. The SMILES string of the molecule is COCCOCCOCCOCCO[C@@H]1C[C@@H](COC)N(S(=O)(=O)c2ccc3c(c2)C(=O)C(=O)N3)C1. The molecule has 202 valence electrons. The maximum Gasteiger partial charge on any atom is 0.296 e.